The molecular formula is C29H38N4O4. The molecule has 1 heterocycles. The Morgan fingerprint density at radius 1 is 1.03 bits per heavy atom. The smallest absolute Gasteiger partial charge is 0.410 e. The minimum atomic E-state index is -0.662. The van der Waals surface area contributed by atoms with E-state index in [1.807, 2.05) is 65.0 Å². The number of carbonyl (C=O) groups is 2. The zero-order chi connectivity index (χ0) is 27.0. The van der Waals surface area contributed by atoms with Crippen LogP contribution in [0.4, 0.5) is 10.5 Å². The average Bonchev–Trinajstić information content (AvgIpc) is 2.86. The number of piperazine rings is 1. The van der Waals surface area contributed by atoms with E-state index in [2.05, 4.69) is 34.5 Å². The average molecular weight is 507 g/mol. The first kappa shape index (κ1) is 27.9. The maximum absolute atomic E-state index is 12.5. The highest BCUT2D eigenvalue weighted by Gasteiger charge is 2.26. The number of anilines is 1. The Labute approximate surface area is 220 Å². The third-order valence-corrected chi connectivity index (χ3v) is 5.93. The maximum atomic E-state index is 12.5. The van der Waals surface area contributed by atoms with E-state index in [0.717, 1.165) is 29.9 Å². The topological polar surface area (TPSA) is 94.9 Å². The Kier molecular flexibility index (Phi) is 9.40. The second-order valence-electron chi connectivity index (χ2n) is 10.6. The van der Waals surface area contributed by atoms with Crippen LogP contribution in [-0.4, -0.2) is 61.3 Å². The Bertz CT molecular complexity index is 1090. The quantitative estimate of drug-likeness (QED) is 0.515. The summed E-state index contributed by atoms with van der Waals surface area (Å²) in [4.78, 5) is 28.8. The molecule has 3 rings (SSSR count). The van der Waals surface area contributed by atoms with E-state index in [-0.39, 0.29) is 24.5 Å². The second-order valence-corrected chi connectivity index (χ2v) is 10.6. The van der Waals surface area contributed by atoms with Gasteiger partial charge in [0.2, 0.25) is 0 Å². The summed E-state index contributed by atoms with van der Waals surface area (Å²) in [5.41, 5.74) is 2.63. The molecule has 2 aromatic carbocycles. The molecule has 0 bridgehead atoms. The first-order valence-corrected chi connectivity index (χ1v) is 12.8. The molecule has 1 atom stereocenters. The third kappa shape index (κ3) is 8.42. The number of nitriles is 1. The summed E-state index contributed by atoms with van der Waals surface area (Å²) in [6.45, 7) is 12.4. The zero-order valence-corrected chi connectivity index (χ0v) is 22.5. The van der Waals surface area contributed by atoms with Gasteiger partial charge >= 0.3 is 6.09 Å². The van der Waals surface area contributed by atoms with Gasteiger partial charge in [0, 0.05) is 31.9 Å². The van der Waals surface area contributed by atoms with Crippen LogP contribution in [-0.2, 0) is 9.53 Å². The second kappa shape index (κ2) is 12.5. The van der Waals surface area contributed by atoms with Gasteiger partial charge in [0.05, 0.1) is 6.07 Å². The summed E-state index contributed by atoms with van der Waals surface area (Å²) in [7, 11) is 0. The van der Waals surface area contributed by atoms with Gasteiger partial charge in [0.25, 0.3) is 5.91 Å². The van der Waals surface area contributed by atoms with Crippen molar-refractivity contribution in [3.05, 3.63) is 48.5 Å². The molecule has 0 radical (unpaired) electrons. The van der Waals surface area contributed by atoms with Crippen LogP contribution in [0.1, 0.15) is 41.0 Å². The molecule has 1 fully saturated rings. The fourth-order valence-electron chi connectivity index (χ4n) is 4.13. The zero-order valence-electron chi connectivity index (χ0n) is 22.5. The number of ether oxygens (including phenoxy) is 2. The molecule has 37 heavy (non-hydrogen) atoms. The summed E-state index contributed by atoms with van der Waals surface area (Å²) < 4.78 is 11.5. The predicted molar refractivity (Wildman–Crippen MR) is 144 cm³/mol. The normalized spacial score (nSPS) is 14.6. The number of carbonyl (C=O) groups excluding carboxylic acids is 2. The molecule has 1 unspecified atom stereocenters. The van der Waals surface area contributed by atoms with Crippen LogP contribution in [0.25, 0.3) is 11.1 Å². The van der Waals surface area contributed by atoms with Gasteiger partial charge in [0.15, 0.2) is 6.10 Å². The number of hydrogen-bond acceptors (Lipinski definition) is 6. The van der Waals surface area contributed by atoms with E-state index >= 15 is 0 Å². The molecule has 1 aliphatic heterocycles. The molecule has 2 aromatic rings. The minimum absolute atomic E-state index is 0.0424. The van der Waals surface area contributed by atoms with Crippen molar-refractivity contribution in [2.24, 2.45) is 5.92 Å². The van der Waals surface area contributed by atoms with Gasteiger partial charge in [-0.3, -0.25) is 4.79 Å². The van der Waals surface area contributed by atoms with Crippen LogP contribution < -0.4 is 15.0 Å². The first-order chi connectivity index (χ1) is 17.6. The molecule has 1 saturated heterocycles. The largest absolute Gasteiger partial charge is 0.481 e. The van der Waals surface area contributed by atoms with Gasteiger partial charge in [-0.05, 0) is 68.5 Å². The van der Waals surface area contributed by atoms with E-state index in [9.17, 15) is 9.59 Å². The summed E-state index contributed by atoms with van der Waals surface area (Å²) in [6.07, 6.45) is -0.370. The van der Waals surface area contributed by atoms with Crippen molar-refractivity contribution in [1.29, 1.82) is 5.26 Å². The molecule has 1 N–H and O–H groups in total. The van der Waals surface area contributed by atoms with Crippen molar-refractivity contribution >= 4 is 17.7 Å². The van der Waals surface area contributed by atoms with E-state index in [1.54, 1.807) is 4.90 Å². The molecule has 198 valence electrons. The number of rotatable bonds is 8. The van der Waals surface area contributed by atoms with Gasteiger partial charge in [0.1, 0.15) is 17.9 Å². The number of amides is 2. The van der Waals surface area contributed by atoms with Crippen molar-refractivity contribution < 1.29 is 19.1 Å². The predicted octanol–water partition coefficient (Wildman–Crippen LogP) is 4.84. The van der Waals surface area contributed by atoms with Gasteiger partial charge in [-0.1, -0.05) is 38.1 Å². The molecule has 2 amide bonds. The fourth-order valence-corrected chi connectivity index (χ4v) is 4.13. The summed E-state index contributed by atoms with van der Waals surface area (Å²) in [5, 5.41) is 11.4. The molecule has 0 saturated carbocycles. The first-order valence-electron chi connectivity index (χ1n) is 12.8. The van der Waals surface area contributed by atoms with Crippen LogP contribution in [0.2, 0.25) is 0 Å². The van der Waals surface area contributed by atoms with Crippen molar-refractivity contribution in [3.8, 4) is 22.9 Å². The molecule has 0 aromatic heterocycles. The van der Waals surface area contributed by atoms with Crippen molar-refractivity contribution in [2.45, 2.75) is 52.7 Å². The van der Waals surface area contributed by atoms with Gasteiger partial charge in [-0.15, -0.1) is 0 Å². The summed E-state index contributed by atoms with van der Waals surface area (Å²) >= 11 is 0. The van der Waals surface area contributed by atoms with E-state index in [1.165, 1.54) is 0 Å². The highest BCUT2D eigenvalue weighted by molar-refractivity contribution is 5.81. The Morgan fingerprint density at radius 3 is 2.30 bits per heavy atom. The summed E-state index contributed by atoms with van der Waals surface area (Å²) in [6, 6.07) is 17.9. The number of nitrogens with one attached hydrogen (secondary N) is 1. The molecular weight excluding hydrogens is 468 g/mol. The number of nitrogens with zero attached hydrogens (tertiary/aromatic N) is 3. The van der Waals surface area contributed by atoms with Crippen LogP contribution >= 0.6 is 0 Å². The third-order valence-electron chi connectivity index (χ3n) is 5.93. The lowest BCUT2D eigenvalue weighted by Crippen LogP contribution is -2.50. The Morgan fingerprint density at radius 2 is 1.70 bits per heavy atom. The highest BCUT2D eigenvalue weighted by Crippen LogP contribution is 2.28. The van der Waals surface area contributed by atoms with Crippen LogP contribution in [0.3, 0.4) is 0 Å². The molecule has 8 nitrogen and oxygen atoms in total. The summed E-state index contributed by atoms with van der Waals surface area (Å²) in [5.74, 6) is 0.592. The van der Waals surface area contributed by atoms with Gasteiger partial charge in [-0.2, -0.15) is 5.26 Å². The lowest BCUT2D eigenvalue weighted by molar-refractivity contribution is -0.128. The SMILES string of the molecule is CC(C)CC(Oc1cccc(-c2ccc(N3CCN(C(=O)OC(C)(C)C)CC3)cc2)c1)C(=O)NCC#N. The van der Waals surface area contributed by atoms with Crippen LogP contribution in [0, 0.1) is 17.2 Å². The number of benzene rings is 2. The minimum Gasteiger partial charge on any atom is -0.481 e. The van der Waals surface area contributed by atoms with Gasteiger partial charge < -0.3 is 24.6 Å². The van der Waals surface area contributed by atoms with Crippen molar-refractivity contribution in [1.82, 2.24) is 10.2 Å². The standard InChI is InChI=1S/C29H38N4O4/c1-21(2)19-26(27(34)31-14-13-30)36-25-8-6-7-23(20-25)22-9-11-24(12-10-22)32-15-17-33(18-16-32)28(35)37-29(3,4)5/h6-12,20-21,26H,14-19H2,1-5H3,(H,31,34). The van der Waals surface area contributed by atoms with E-state index in [4.69, 9.17) is 14.7 Å². The van der Waals surface area contributed by atoms with Gasteiger partial charge in [-0.25, -0.2) is 4.79 Å². The lowest BCUT2D eigenvalue weighted by Gasteiger charge is -2.36. The van der Waals surface area contributed by atoms with E-state index in [0.29, 0.717) is 25.3 Å². The molecule has 0 spiro atoms. The molecule has 0 aliphatic carbocycles. The monoisotopic (exact) mass is 506 g/mol. The molecule has 1 aliphatic rings. The number of hydrogen-bond donors (Lipinski definition) is 1. The van der Waals surface area contributed by atoms with Crippen molar-refractivity contribution in [2.75, 3.05) is 37.6 Å². The van der Waals surface area contributed by atoms with Crippen molar-refractivity contribution in [3.63, 3.8) is 0 Å². The fraction of sp³-hybridized carbons (Fsp3) is 0.483. The maximum Gasteiger partial charge on any atom is 0.410 e. The molecule has 8 heteroatoms. The highest BCUT2D eigenvalue weighted by atomic mass is 16.6. The van der Waals surface area contributed by atoms with Crippen LogP contribution in [0.15, 0.2) is 48.5 Å². The Balaban J connectivity index is 1.63. The van der Waals surface area contributed by atoms with E-state index < -0.39 is 11.7 Å². The lowest BCUT2D eigenvalue weighted by atomic mass is 10.0. The van der Waals surface area contributed by atoms with Crippen LogP contribution in [0.5, 0.6) is 5.75 Å². The Hall–Kier alpha value is -3.73.